The normalized spacial score (nSPS) is 16.1. The molecular formula is C13H16N2O. The topological polar surface area (TPSA) is 33.6 Å². The minimum absolute atomic E-state index is 0.0394. The molecular weight excluding hydrogens is 200 g/mol. The van der Waals surface area contributed by atoms with E-state index >= 15 is 0 Å². The fourth-order valence-corrected chi connectivity index (χ4v) is 1.66. The maximum absolute atomic E-state index is 5.87. The molecule has 0 bridgehead atoms. The Morgan fingerprint density at radius 1 is 1.44 bits per heavy atom. The Hall–Kier alpha value is -1.77. The van der Waals surface area contributed by atoms with E-state index in [1.807, 2.05) is 36.4 Å². The molecule has 1 unspecified atom stereocenters. The third-order valence-electron chi connectivity index (χ3n) is 2.41. The van der Waals surface area contributed by atoms with E-state index in [0.29, 0.717) is 0 Å². The molecule has 0 saturated heterocycles. The number of para-hydroxylation sites is 1. The average Bonchev–Trinajstić information content (AvgIpc) is 2.83. The predicted molar refractivity (Wildman–Crippen MR) is 66.0 cm³/mol. The van der Waals surface area contributed by atoms with Gasteiger partial charge in [0.25, 0.3) is 0 Å². The Morgan fingerprint density at radius 3 is 2.88 bits per heavy atom. The van der Waals surface area contributed by atoms with Crippen molar-refractivity contribution in [3.8, 4) is 5.75 Å². The lowest BCUT2D eigenvalue weighted by Crippen LogP contribution is -2.35. The first-order valence-corrected chi connectivity index (χ1v) is 5.51. The summed E-state index contributed by atoms with van der Waals surface area (Å²) in [6.45, 7) is 5.49. The molecule has 0 radical (unpaired) electrons. The van der Waals surface area contributed by atoms with Crippen molar-refractivity contribution in [2.75, 3.05) is 13.1 Å². The number of hydrogen-bond acceptors (Lipinski definition) is 3. The molecule has 2 rings (SSSR count). The molecule has 0 saturated carbocycles. The molecule has 16 heavy (non-hydrogen) atoms. The number of ether oxygens (including phenoxy) is 1. The Labute approximate surface area is 95.8 Å². The van der Waals surface area contributed by atoms with Crippen LogP contribution in [0.4, 0.5) is 0 Å². The highest BCUT2D eigenvalue weighted by atomic mass is 16.5. The molecule has 1 aromatic carbocycles. The number of nitrogens with one attached hydrogen (secondary N) is 1. The summed E-state index contributed by atoms with van der Waals surface area (Å²) in [5.41, 5.74) is 0. The SMILES string of the molecule is C=CCC(Oc1ccccc1)C1=NCCN1. The van der Waals surface area contributed by atoms with Gasteiger partial charge in [-0.15, -0.1) is 6.58 Å². The van der Waals surface area contributed by atoms with Gasteiger partial charge in [-0.2, -0.15) is 0 Å². The fourth-order valence-electron chi connectivity index (χ4n) is 1.66. The zero-order valence-corrected chi connectivity index (χ0v) is 9.23. The molecule has 3 nitrogen and oxygen atoms in total. The van der Waals surface area contributed by atoms with E-state index < -0.39 is 0 Å². The summed E-state index contributed by atoms with van der Waals surface area (Å²) in [5, 5.41) is 3.24. The second kappa shape index (κ2) is 5.35. The van der Waals surface area contributed by atoms with Crippen LogP contribution < -0.4 is 10.1 Å². The van der Waals surface area contributed by atoms with Crippen molar-refractivity contribution in [2.45, 2.75) is 12.5 Å². The molecule has 0 fully saturated rings. The number of nitrogens with zero attached hydrogens (tertiary/aromatic N) is 1. The number of amidine groups is 1. The molecule has 1 N–H and O–H groups in total. The first kappa shape index (κ1) is 10.7. The molecule has 1 aliphatic rings. The van der Waals surface area contributed by atoms with Gasteiger partial charge in [0, 0.05) is 13.0 Å². The molecule has 1 heterocycles. The first-order valence-electron chi connectivity index (χ1n) is 5.51. The molecule has 0 amide bonds. The van der Waals surface area contributed by atoms with E-state index in [0.717, 1.165) is 31.1 Å². The van der Waals surface area contributed by atoms with Gasteiger partial charge < -0.3 is 10.1 Å². The van der Waals surface area contributed by atoms with Gasteiger partial charge >= 0.3 is 0 Å². The van der Waals surface area contributed by atoms with Crippen molar-refractivity contribution in [3.05, 3.63) is 43.0 Å². The van der Waals surface area contributed by atoms with E-state index in [4.69, 9.17) is 4.74 Å². The highest BCUT2D eigenvalue weighted by molar-refractivity contribution is 5.88. The van der Waals surface area contributed by atoms with Gasteiger partial charge in [0.05, 0.1) is 6.54 Å². The van der Waals surface area contributed by atoms with Crippen LogP contribution in [-0.4, -0.2) is 25.0 Å². The average molecular weight is 216 g/mol. The number of hydrogen-bond donors (Lipinski definition) is 1. The lowest BCUT2D eigenvalue weighted by atomic mass is 10.2. The molecule has 0 aromatic heterocycles. The lowest BCUT2D eigenvalue weighted by molar-refractivity contribution is 0.267. The van der Waals surface area contributed by atoms with E-state index in [9.17, 15) is 0 Å². The third-order valence-corrected chi connectivity index (χ3v) is 2.41. The maximum Gasteiger partial charge on any atom is 0.159 e. The van der Waals surface area contributed by atoms with Crippen LogP contribution in [0.5, 0.6) is 5.75 Å². The third kappa shape index (κ3) is 2.63. The minimum atomic E-state index is -0.0394. The van der Waals surface area contributed by atoms with Crippen molar-refractivity contribution in [2.24, 2.45) is 4.99 Å². The quantitative estimate of drug-likeness (QED) is 0.764. The van der Waals surface area contributed by atoms with Crippen LogP contribution in [-0.2, 0) is 0 Å². The van der Waals surface area contributed by atoms with Gasteiger partial charge in [-0.05, 0) is 12.1 Å². The monoisotopic (exact) mass is 216 g/mol. The van der Waals surface area contributed by atoms with Crippen molar-refractivity contribution in [1.82, 2.24) is 5.32 Å². The van der Waals surface area contributed by atoms with Crippen molar-refractivity contribution < 1.29 is 4.74 Å². The van der Waals surface area contributed by atoms with Crippen LogP contribution in [0.2, 0.25) is 0 Å². The summed E-state index contributed by atoms with van der Waals surface area (Å²) in [4.78, 5) is 4.38. The maximum atomic E-state index is 5.87. The highest BCUT2D eigenvalue weighted by Gasteiger charge is 2.18. The fraction of sp³-hybridized carbons (Fsp3) is 0.308. The summed E-state index contributed by atoms with van der Waals surface area (Å²) < 4.78 is 5.87. The molecule has 1 aliphatic heterocycles. The van der Waals surface area contributed by atoms with E-state index in [1.165, 1.54) is 0 Å². The Kier molecular flexibility index (Phi) is 3.59. The predicted octanol–water partition coefficient (Wildman–Crippen LogP) is 2.01. The summed E-state index contributed by atoms with van der Waals surface area (Å²) in [5.74, 6) is 1.80. The molecule has 1 atom stereocenters. The standard InChI is InChI=1S/C13H16N2O/c1-2-6-12(13-14-9-10-15-13)16-11-7-4-3-5-8-11/h2-5,7-8,12H,1,6,9-10H2,(H,14,15). The van der Waals surface area contributed by atoms with Crippen LogP contribution in [0.1, 0.15) is 6.42 Å². The van der Waals surface area contributed by atoms with Gasteiger partial charge in [-0.25, -0.2) is 0 Å². The van der Waals surface area contributed by atoms with E-state index in [2.05, 4.69) is 16.9 Å². The van der Waals surface area contributed by atoms with Crippen molar-refractivity contribution in [1.29, 1.82) is 0 Å². The Morgan fingerprint density at radius 2 is 2.25 bits per heavy atom. The van der Waals surface area contributed by atoms with Crippen LogP contribution >= 0.6 is 0 Å². The molecule has 1 aromatic rings. The van der Waals surface area contributed by atoms with Gasteiger partial charge in [-0.3, -0.25) is 4.99 Å². The van der Waals surface area contributed by atoms with Crippen LogP contribution in [0.25, 0.3) is 0 Å². The zero-order valence-electron chi connectivity index (χ0n) is 9.23. The minimum Gasteiger partial charge on any atom is -0.482 e. The summed E-state index contributed by atoms with van der Waals surface area (Å²) in [6, 6.07) is 9.80. The lowest BCUT2D eigenvalue weighted by Gasteiger charge is -2.18. The molecule has 3 heteroatoms. The molecule has 84 valence electrons. The second-order valence-corrected chi connectivity index (χ2v) is 3.64. The van der Waals surface area contributed by atoms with Crippen LogP contribution in [0.3, 0.4) is 0 Å². The summed E-state index contributed by atoms with van der Waals surface area (Å²) in [6.07, 6.45) is 2.58. The number of rotatable bonds is 5. The van der Waals surface area contributed by atoms with Crippen molar-refractivity contribution in [3.63, 3.8) is 0 Å². The van der Waals surface area contributed by atoms with Gasteiger partial charge in [0.15, 0.2) is 6.10 Å². The van der Waals surface area contributed by atoms with E-state index in [-0.39, 0.29) is 6.10 Å². The van der Waals surface area contributed by atoms with E-state index in [1.54, 1.807) is 0 Å². The van der Waals surface area contributed by atoms with Gasteiger partial charge in [0.2, 0.25) is 0 Å². The van der Waals surface area contributed by atoms with Crippen molar-refractivity contribution >= 4 is 5.84 Å². The smallest absolute Gasteiger partial charge is 0.159 e. The molecule has 0 aliphatic carbocycles. The largest absolute Gasteiger partial charge is 0.482 e. The Balaban J connectivity index is 2.05. The first-order chi connectivity index (χ1) is 7.90. The van der Waals surface area contributed by atoms with Gasteiger partial charge in [0.1, 0.15) is 11.6 Å². The summed E-state index contributed by atoms with van der Waals surface area (Å²) >= 11 is 0. The van der Waals surface area contributed by atoms with Crippen LogP contribution in [0, 0.1) is 0 Å². The molecule has 0 spiro atoms. The van der Waals surface area contributed by atoms with Crippen LogP contribution in [0.15, 0.2) is 48.0 Å². The highest BCUT2D eigenvalue weighted by Crippen LogP contribution is 2.14. The Bertz CT molecular complexity index is 373. The second-order valence-electron chi connectivity index (χ2n) is 3.64. The summed E-state index contributed by atoms with van der Waals surface area (Å²) in [7, 11) is 0. The number of aliphatic imine (C=N–C) groups is 1. The van der Waals surface area contributed by atoms with Gasteiger partial charge in [-0.1, -0.05) is 24.3 Å². The zero-order chi connectivity index (χ0) is 11.2. The number of benzene rings is 1.